The maximum atomic E-state index is 11.9. The molecule has 1 aliphatic heterocycles. The van der Waals surface area contributed by atoms with E-state index < -0.39 is 15.9 Å². The van der Waals surface area contributed by atoms with Crippen LogP contribution in [0.15, 0.2) is 30.3 Å². The number of sulfonamides is 1. The van der Waals surface area contributed by atoms with Crippen LogP contribution in [0.25, 0.3) is 6.08 Å². The largest absolute Gasteiger partial charge is 0.377 e. The quantitative estimate of drug-likeness (QED) is 0.833. The Balaban J connectivity index is 1.88. The van der Waals surface area contributed by atoms with E-state index in [9.17, 15) is 13.2 Å². The van der Waals surface area contributed by atoms with Gasteiger partial charge in [-0.05, 0) is 43.0 Å². The van der Waals surface area contributed by atoms with Gasteiger partial charge in [0.25, 0.3) is 5.91 Å². The van der Waals surface area contributed by atoms with Gasteiger partial charge in [-0.25, -0.2) is 13.1 Å². The normalized spacial score (nSPS) is 19.2. The predicted octanol–water partition coefficient (Wildman–Crippen LogP) is 2.37. The molecule has 1 saturated heterocycles. The third-order valence-corrected chi connectivity index (χ3v) is 4.81. The Morgan fingerprint density at radius 2 is 2.05 bits per heavy atom. The lowest BCUT2D eigenvalue weighted by Crippen LogP contribution is -2.37. The minimum Gasteiger partial charge on any atom is -0.377 e. The van der Waals surface area contributed by atoms with Gasteiger partial charge in [0.05, 0.1) is 11.9 Å². The van der Waals surface area contributed by atoms with Crippen molar-refractivity contribution < 1.29 is 17.9 Å². The minimum atomic E-state index is -3.69. The smallest absolute Gasteiger partial charge is 0.257 e. The molecule has 1 atom stereocenters. The number of benzene rings is 1. The molecular formula is C15H18ClNO4S. The number of hydrogen-bond acceptors (Lipinski definition) is 4. The molecule has 1 aromatic rings. The fraction of sp³-hybridized carbons (Fsp3) is 0.400. The monoisotopic (exact) mass is 343 g/mol. The summed E-state index contributed by atoms with van der Waals surface area (Å²) in [5.41, 5.74) is 0.757. The maximum Gasteiger partial charge on any atom is 0.257 e. The molecule has 1 unspecified atom stereocenters. The average Bonchev–Trinajstić information content (AvgIpc) is 2.46. The van der Waals surface area contributed by atoms with Crippen LogP contribution in [0.3, 0.4) is 0 Å². The summed E-state index contributed by atoms with van der Waals surface area (Å²) in [5, 5.41) is 0.594. The van der Waals surface area contributed by atoms with E-state index in [1.165, 1.54) is 12.2 Å². The van der Waals surface area contributed by atoms with Crippen molar-refractivity contribution in [3.8, 4) is 0 Å². The standard InChI is InChI=1S/C15H18ClNO4S/c16-13-7-4-12(5-8-13)6-9-15(18)17-22(19,20)11-14-3-1-2-10-21-14/h4-9,14H,1-3,10-11H2,(H,17,18)/b9-6+. The van der Waals surface area contributed by atoms with Crippen LogP contribution in [0.2, 0.25) is 5.02 Å². The number of hydrogen-bond donors (Lipinski definition) is 1. The lowest BCUT2D eigenvalue weighted by atomic mass is 10.1. The van der Waals surface area contributed by atoms with Gasteiger partial charge in [-0.15, -0.1) is 0 Å². The number of carbonyl (C=O) groups excluding carboxylic acids is 1. The van der Waals surface area contributed by atoms with Crippen LogP contribution in [-0.2, 0) is 19.6 Å². The first-order valence-electron chi connectivity index (χ1n) is 7.04. The summed E-state index contributed by atoms with van der Waals surface area (Å²) in [6.07, 6.45) is 4.98. The summed E-state index contributed by atoms with van der Waals surface area (Å²) in [6, 6.07) is 6.85. The van der Waals surface area contributed by atoms with E-state index in [1.807, 2.05) is 4.72 Å². The molecule has 0 bridgehead atoms. The molecule has 1 fully saturated rings. The Hall–Kier alpha value is -1.37. The number of carbonyl (C=O) groups is 1. The summed E-state index contributed by atoms with van der Waals surface area (Å²) in [6.45, 7) is 0.574. The highest BCUT2D eigenvalue weighted by Gasteiger charge is 2.22. The van der Waals surface area contributed by atoms with Crippen molar-refractivity contribution in [2.45, 2.75) is 25.4 Å². The molecule has 0 saturated carbocycles. The van der Waals surface area contributed by atoms with E-state index >= 15 is 0 Å². The second-order valence-electron chi connectivity index (χ2n) is 5.12. The van der Waals surface area contributed by atoms with Crippen molar-refractivity contribution >= 4 is 33.6 Å². The maximum absolute atomic E-state index is 11.9. The van der Waals surface area contributed by atoms with Crippen molar-refractivity contribution in [3.05, 3.63) is 40.9 Å². The van der Waals surface area contributed by atoms with E-state index in [0.29, 0.717) is 18.1 Å². The number of halogens is 1. The van der Waals surface area contributed by atoms with Crippen LogP contribution < -0.4 is 4.72 Å². The summed E-state index contributed by atoms with van der Waals surface area (Å²) < 4.78 is 31.2. The van der Waals surface area contributed by atoms with Crippen molar-refractivity contribution in [1.82, 2.24) is 4.72 Å². The first-order chi connectivity index (χ1) is 10.4. The number of amides is 1. The van der Waals surface area contributed by atoms with E-state index in [4.69, 9.17) is 16.3 Å². The summed E-state index contributed by atoms with van der Waals surface area (Å²) >= 11 is 5.76. The highest BCUT2D eigenvalue weighted by molar-refractivity contribution is 7.90. The van der Waals surface area contributed by atoms with Crippen LogP contribution in [-0.4, -0.2) is 32.8 Å². The molecule has 1 heterocycles. The summed E-state index contributed by atoms with van der Waals surface area (Å²) in [5.74, 6) is -0.862. The fourth-order valence-electron chi connectivity index (χ4n) is 2.16. The number of ether oxygens (including phenoxy) is 1. The van der Waals surface area contributed by atoms with Crippen LogP contribution in [0.1, 0.15) is 24.8 Å². The SMILES string of the molecule is O=C(/C=C/c1ccc(Cl)cc1)NS(=O)(=O)CC1CCCCO1. The van der Waals surface area contributed by atoms with E-state index in [-0.39, 0.29) is 11.9 Å². The summed E-state index contributed by atoms with van der Waals surface area (Å²) in [7, 11) is -3.69. The van der Waals surface area contributed by atoms with E-state index in [1.54, 1.807) is 24.3 Å². The first kappa shape index (κ1) is 17.0. The fourth-order valence-corrected chi connectivity index (χ4v) is 3.49. The van der Waals surface area contributed by atoms with Crippen molar-refractivity contribution in [2.24, 2.45) is 0 Å². The number of rotatable bonds is 5. The molecule has 1 N–H and O–H groups in total. The van der Waals surface area contributed by atoms with Crippen LogP contribution in [0, 0.1) is 0 Å². The van der Waals surface area contributed by atoms with Crippen molar-refractivity contribution in [2.75, 3.05) is 12.4 Å². The molecule has 22 heavy (non-hydrogen) atoms. The molecule has 1 aliphatic rings. The zero-order valence-electron chi connectivity index (χ0n) is 12.0. The van der Waals surface area contributed by atoms with Gasteiger partial charge in [-0.2, -0.15) is 0 Å². The zero-order valence-corrected chi connectivity index (χ0v) is 13.6. The Kier molecular flexibility index (Phi) is 5.99. The molecule has 0 aliphatic carbocycles. The number of nitrogens with one attached hydrogen (secondary N) is 1. The lowest BCUT2D eigenvalue weighted by Gasteiger charge is -2.22. The topological polar surface area (TPSA) is 72.5 Å². The van der Waals surface area contributed by atoms with Gasteiger partial charge in [0, 0.05) is 17.7 Å². The predicted molar refractivity (Wildman–Crippen MR) is 86.0 cm³/mol. The van der Waals surface area contributed by atoms with Gasteiger partial charge in [-0.1, -0.05) is 23.7 Å². The van der Waals surface area contributed by atoms with E-state index in [0.717, 1.165) is 18.4 Å². The highest BCUT2D eigenvalue weighted by Crippen LogP contribution is 2.14. The molecule has 7 heteroatoms. The van der Waals surface area contributed by atoms with Gasteiger partial charge in [-0.3, -0.25) is 4.79 Å². The molecule has 2 rings (SSSR count). The average molecular weight is 344 g/mol. The molecule has 0 aromatic heterocycles. The van der Waals surface area contributed by atoms with E-state index in [2.05, 4.69) is 0 Å². The third kappa shape index (κ3) is 5.79. The molecule has 0 radical (unpaired) electrons. The minimum absolute atomic E-state index is 0.187. The first-order valence-corrected chi connectivity index (χ1v) is 9.07. The van der Waals surface area contributed by atoms with Crippen LogP contribution in [0.5, 0.6) is 0 Å². The molecule has 1 amide bonds. The van der Waals surface area contributed by atoms with Crippen molar-refractivity contribution in [3.63, 3.8) is 0 Å². The second kappa shape index (κ2) is 7.76. The Labute approximate surface area is 135 Å². The Morgan fingerprint density at radius 1 is 1.32 bits per heavy atom. The molecule has 0 spiro atoms. The van der Waals surface area contributed by atoms with Gasteiger partial charge in [0.15, 0.2) is 0 Å². The van der Waals surface area contributed by atoms with Crippen molar-refractivity contribution in [1.29, 1.82) is 0 Å². The second-order valence-corrected chi connectivity index (χ2v) is 7.32. The molecule has 5 nitrogen and oxygen atoms in total. The zero-order chi connectivity index (χ0) is 16.0. The molecule has 120 valence electrons. The van der Waals surface area contributed by atoms with Gasteiger partial charge in [0.2, 0.25) is 10.0 Å². The third-order valence-electron chi connectivity index (χ3n) is 3.23. The van der Waals surface area contributed by atoms with Gasteiger partial charge >= 0.3 is 0 Å². The Bertz CT molecular complexity index is 634. The molecular weight excluding hydrogens is 326 g/mol. The lowest BCUT2D eigenvalue weighted by molar-refractivity contribution is -0.114. The Morgan fingerprint density at radius 3 is 2.68 bits per heavy atom. The van der Waals surface area contributed by atoms with Gasteiger partial charge < -0.3 is 4.74 Å². The van der Waals surface area contributed by atoms with Crippen LogP contribution >= 0.6 is 11.6 Å². The highest BCUT2D eigenvalue weighted by atomic mass is 35.5. The van der Waals surface area contributed by atoms with Crippen LogP contribution in [0.4, 0.5) is 0 Å². The molecule has 1 aromatic carbocycles. The summed E-state index contributed by atoms with van der Waals surface area (Å²) in [4.78, 5) is 11.7. The van der Waals surface area contributed by atoms with Gasteiger partial charge in [0.1, 0.15) is 0 Å².